The van der Waals surface area contributed by atoms with Crippen molar-refractivity contribution in [2.75, 3.05) is 20.7 Å². The summed E-state index contributed by atoms with van der Waals surface area (Å²) in [4.78, 5) is 14.1. The van der Waals surface area contributed by atoms with Crippen molar-refractivity contribution in [3.8, 4) is 5.75 Å². The maximum absolute atomic E-state index is 12.1. The molecule has 122 valence electrons. The average Bonchev–Trinajstić information content (AvgIpc) is 2.55. The Morgan fingerprint density at radius 1 is 1.09 bits per heavy atom. The van der Waals surface area contributed by atoms with Gasteiger partial charge in [-0.25, -0.2) is 0 Å². The minimum atomic E-state index is 0.00647. The summed E-state index contributed by atoms with van der Waals surface area (Å²) in [5, 5.41) is 2.94. The Morgan fingerprint density at radius 2 is 1.74 bits per heavy atom. The van der Waals surface area contributed by atoms with Crippen LogP contribution in [0.5, 0.6) is 5.75 Å². The van der Waals surface area contributed by atoms with Crippen LogP contribution in [0, 0.1) is 6.92 Å². The number of methoxy groups -OCH3 is 1. The first kappa shape index (κ1) is 17.0. The van der Waals surface area contributed by atoms with Gasteiger partial charge in [0.15, 0.2) is 0 Å². The fraction of sp³-hybridized carbons (Fsp3) is 0.316. The number of carbonyl (C=O) groups excluding carboxylic acids is 1. The zero-order valence-electron chi connectivity index (χ0n) is 14.0. The van der Waals surface area contributed by atoms with Crippen molar-refractivity contribution in [1.82, 2.24) is 10.2 Å². The van der Waals surface area contributed by atoms with Gasteiger partial charge in [-0.2, -0.15) is 0 Å². The average molecular weight is 312 g/mol. The number of ether oxygens (including phenoxy) is 1. The van der Waals surface area contributed by atoms with E-state index in [-0.39, 0.29) is 5.91 Å². The molecule has 0 bridgehead atoms. The minimum absolute atomic E-state index is 0.00647. The van der Waals surface area contributed by atoms with E-state index in [0.717, 1.165) is 17.9 Å². The van der Waals surface area contributed by atoms with Gasteiger partial charge in [0.05, 0.1) is 13.7 Å². The van der Waals surface area contributed by atoms with Gasteiger partial charge in [-0.15, -0.1) is 0 Å². The lowest BCUT2D eigenvalue weighted by Crippen LogP contribution is -2.34. The van der Waals surface area contributed by atoms with Crippen molar-refractivity contribution < 1.29 is 9.53 Å². The number of hydrogen-bond donors (Lipinski definition) is 1. The maximum Gasteiger partial charge on any atom is 0.234 e. The molecule has 0 saturated heterocycles. The molecule has 0 heterocycles. The van der Waals surface area contributed by atoms with E-state index in [4.69, 9.17) is 4.74 Å². The van der Waals surface area contributed by atoms with Crippen LogP contribution < -0.4 is 10.1 Å². The van der Waals surface area contributed by atoms with Crippen LogP contribution in [0.15, 0.2) is 48.5 Å². The molecule has 0 spiro atoms. The Bertz CT molecular complexity index is 655. The lowest BCUT2D eigenvalue weighted by molar-refractivity contribution is -0.122. The van der Waals surface area contributed by atoms with Gasteiger partial charge in [0.1, 0.15) is 5.75 Å². The predicted molar refractivity (Wildman–Crippen MR) is 92.4 cm³/mol. The molecule has 23 heavy (non-hydrogen) atoms. The summed E-state index contributed by atoms with van der Waals surface area (Å²) in [7, 11) is 3.59. The normalized spacial score (nSPS) is 10.6. The number of amides is 1. The molecule has 0 fully saturated rings. The summed E-state index contributed by atoms with van der Waals surface area (Å²) < 4.78 is 5.29. The van der Waals surface area contributed by atoms with Crippen LogP contribution >= 0.6 is 0 Å². The highest BCUT2D eigenvalue weighted by Crippen LogP contribution is 2.16. The zero-order valence-corrected chi connectivity index (χ0v) is 14.0. The number of likely N-dealkylation sites (N-methyl/N-ethyl adjacent to an activating group) is 1. The molecule has 0 saturated carbocycles. The number of carbonyl (C=O) groups is 1. The summed E-state index contributed by atoms with van der Waals surface area (Å²) in [5.74, 6) is 0.799. The molecule has 1 amide bonds. The van der Waals surface area contributed by atoms with Gasteiger partial charge in [0, 0.05) is 18.7 Å². The first-order valence-electron chi connectivity index (χ1n) is 7.72. The van der Waals surface area contributed by atoms with Crippen LogP contribution in [-0.4, -0.2) is 31.5 Å². The standard InChI is InChI=1S/C19H24N2O2/c1-15-8-4-5-10-17(15)13-21(2)14-19(22)20-12-16-9-6-7-11-18(16)23-3/h4-11H,12-14H2,1-3H3,(H,20,22). The molecule has 4 nitrogen and oxygen atoms in total. The van der Waals surface area contributed by atoms with E-state index >= 15 is 0 Å². The quantitative estimate of drug-likeness (QED) is 0.855. The van der Waals surface area contributed by atoms with Crippen LogP contribution in [0.1, 0.15) is 16.7 Å². The van der Waals surface area contributed by atoms with E-state index in [1.807, 2.05) is 48.3 Å². The van der Waals surface area contributed by atoms with Gasteiger partial charge < -0.3 is 10.1 Å². The minimum Gasteiger partial charge on any atom is -0.496 e. The van der Waals surface area contributed by atoms with E-state index in [9.17, 15) is 4.79 Å². The lowest BCUT2D eigenvalue weighted by Gasteiger charge is -2.18. The first-order valence-corrected chi connectivity index (χ1v) is 7.72. The fourth-order valence-electron chi connectivity index (χ4n) is 2.48. The molecule has 0 aromatic heterocycles. The number of nitrogens with one attached hydrogen (secondary N) is 1. The second kappa shape index (κ2) is 8.34. The number of nitrogens with zero attached hydrogens (tertiary/aromatic N) is 1. The molecule has 0 radical (unpaired) electrons. The fourth-order valence-corrected chi connectivity index (χ4v) is 2.48. The zero-order chi connectivity index (χ0) is 16.7. The molecule has 2 aromatic carbocycles. The van der Waals surface area contributed by atoms with Gasteiger partial charge in [-0.1, -0.05) is 42.5 Å². The summed E-state index contributed by atoms with van der Waals surface area (Å²) in [6, 6.07) is 15.9. The van der Waals surface area contributed by atoms with E-state index in [1.54, 1.807) is 7.11 Å². The predicted octanol–water partition coefficient (Wildman–Crippen LogP) is 2.75. The first-order chi connectivity index (χ1) is 11.1. The van der Waals surface area contributed by atoms with Crippen LogP contribution in [0.4, 0.5) is 0 Å². The van der Waals surface area contributed by atoms with Crippen molar-refractivity contribution in [2.24, 2.45) is 0 Å². The smallest absolute Gasteiger partial charge is 0.234 e. The molecule has 2 aromatic rings. The second-order valence-electron chi connectivity index (χ2n) is 5.69. The van der Waals surface area contributed by atoms with Gasteiger partial charge in [0.2, 0.25) is 5.91 Å². The second-order valence-corrected chi connectivity index (χ2v) is 5.69. The van der Waals surface area contributed by atoms with Crippen LogP contribution in [0.2, 0.25) is 0 Å². The van der Waals surface area contributed by atoms with Gasteiger partial charge in [-0.3, -0.25) is 9.69 Å². The number of hydrogen-bond acceptors (Lipinski definition) is 3. The van der Waals surface area contributed by atoms with E-state index in [2.05, 4.69) is 24.4 Å². The highest BCUT2D eigenvalue weighted by Gasteiger charge is 2.09. The molecule has 0 unspecified atom stereocenters. The largest absolute Gasteiger partial charge is 0.496 e. The van der Waals surface area contributed by atoms with Gasteiger partial charge in [-0.05, 0) is 31.2 Å². The monoisotopic (exact) mass is 312 g/mol. The number of benzene rings is 2. The van der Waals surface area contributed by atoms with Crippen LogP contribution in [-0.2, 0) is 17.9 Å². The summed E-state index contributed by atoms with van der Waals surface area (Å²) in [6.07, 6.45) is 0. The Morgan fingerprint density at radius 3 is 2.43 bits per heavy atom. The topological polar surface area (TPSA) is 41.6 Å². The Hall–Kier alpha value is -2.33. The number of para-hydroxylation sites is 1. The summed E-state index contributed by atoms with van der Waals surface area (Å²) >= 11 is 0. The number of rotatable bonds is 7. The Labute approximate surface area is 138 Å². The highest BCUT2D eigenvalue weighted by atomic mass is 16.5. The van der Waals surface area contributed by atoms with Gasteiger partial charge >= 0.3 is 0 Å². The third-order valence-corrected chi connectivity index (χ3v) is 3.78. The molecule has 2 rings (SSSR count). The van der Waals surface area contributed by atoms with Crippen LogP contribution in [0.25, 0.3) is 0 Å². The molecule has 4 heteroatoms. The van der Waals surface area contributed by atoms with Crippen molar-refractivity contribution in [1.29, 1.82) is 0 Å². The maximum atomic E-state index is 12.1. The lowest BCUT2D eigenvalue weighted by atomic mass is 10.1. The van der Waals surface area contributed by atoms with Crippen molar-refractivity contribution in [3.05, 3.63) is 65.2 Å². The Balaban J connectivity index is 1.83. The van der Waals surface area contributed by atoms with Crippen molar-refractivity contribution in [2.45, 2.75) is 20.0 Å². The SMILES string of the molecule is COc1ccccc1CNC(=O)CN(C)Cc1ccccc1C. The molecule has 0 aliphatic heterocycles. The molecule has 0 atom stereocenters. The molecule has 0 aliphatic carbocycles. The third kappa shape index (κ3) is 5.11. The summed E-state index contributed by atoms with van der Waals surface area (Å²) in [6.45, 7) is 3.68. The van der Waals surface area contributed by atoms with E-state index < -0.39 is 0 Å². The van der Waals surface area contributed by atoms with Crippen molar-refractivity contribution >= 4 is 5.91 Å². The van der Waals surface area contributed by atoms with E-state index in [0.29, 0.717) is 13.1 Å². The third-order valence-electron chi connectivity index (χ3n) is 3.78. The van der Waals surface area contributed by atoms with Gasteiger partial charge in [0.25, 0.3) is 0 Å². The van der Waals surface area contributed by atoms with Crippen molar-refractivity contribution in [3.63, 3.8) is 0 Å². The summed E-state index contributed by atoms with van der Waals surface area (Å²) in [5.41, 5.74) is 3.46. The van der Waals surface area contributed by atoms with E-state index in [1.165, 1.54) is 11.1 Å². The molecular weight excluding hydrogens is 288 g/mol. The molecule has 0 aliphatic rings. The molecule has 1 N–H and O–H groups in total. The molecular formula is C19H24N2O2. The highest BCUT2D eigenvalue weighted by molar-refractivity contribution is 5.78. The Kier molecular flexibility index (Phi) is 6.18. The van der Waals surface area contributed by atoms with Crippen LogP contribution in [0.3, 0.4) is 0 Å². The number of aryl methyl sites for hydroxylation is 1.